The number of nitrogens with zero attached hydrogens (tertiary/aromatic N) is 1. The molecule has 2 rings (SSSR count). The van der Waals surface area contributed by atoms with Crippen LogP contribution in [0.4, 0.5) is 0 Å². The maximum absolute atomic E-state index is 8.89. The van der Waals surface area contributed by atoms with E-state index in [1.807, 2.05) is 49.4 Å². The summed E-state index contributed by atoms with van der Waals surface area (Å²) in [7, 11) is 1.64. The Balaban J connectivity index is 2.37. The van der Waals surface area contributed by atoms with Crippen molar-refractivity contribution in [2.24, 2.45) is 10.9 Å². The number of amidine groups is 1. The molecule has 0 aliphatic heterocycles. The van der Waals surface area contributed by atoms with E-state index in [9.17, 15) is 0 Å². The van der Waals surface area contributed by atoms with Gasteiger partial charge in [0.05, 0.1) is 7.11 Å². The molecule has 0 aromatic heterocycles. The maximum Gasteiger partial charge on any atom is 0.171 e. The minimum Gasteiger partial charge on any atom is -0.497 e. The van der Waals surface area contributed by atoms with Crippen molar-refractivity contribution in [2.75, 3.05) is 7.11 Å². The van der Waals surface area contributed by atoms with Gasteiger partial charge in [-0.25, -0.2) is 0 Å². The van der Waals surface area contributed by atoms with E-state index in [-0.39, 0.29) is 5.84 Å². The monoisotopic (exact) mass is 288 g/mol. The summed E-state index contributed by atoms with van der Waals surface area (Å²) in [6, 6.07) is 13.6. The standard InChI is InChI=1S/C15H16N2O2S/c1-10-6-7-14(13(8-10)15(16)17-18)20-12-5-3-4-11(9-12)19-2/h3-9,18H,1-2H3,(H2,16,17). The van der Waals surface area contributed by atoms with E-state index in [1.54, 1.807) is 18.9 Å². The van der Waals surface area contributed by atoms with E-state index in [4.69, 9.17) is 15.7 Å². The molecule has 0 heterocycles. The number of rotatable bonds is 4. The lowest BCUT2D eigenvalue weighted by atomic mass is 10.1. The first-order valence-corrected chi connectivity index (χ1v) is 6.86. The molecule has 0 atom stereocenters. The van der Waals surface area contributed by atoms with Crippen molar-refractivity contribution in [1.29, 1.82) is 0 Å². The molecule has 5 heteroatoms. The van der Waals surface area contributed by atoms with Gasteiger partial charge in [-0.15, -0.1) is 0 Å². The highest BCUT2D eigenvalue weighted by molar-refractivity contribution is 7.99. The van der Waals surface area contributed by atoms with Crippen LogP contribution in [0.5, 0.6) is 5.75 Å². The van der Waals surface area contributed by atoms with E-state index in [1.165, 1.54) is 0 Å². The molecular formula is C15H16N2O2S. The van der Waals surface area contributed by atoms with Gasteiger partial charge in [0.25, 0.3) is 0 Å². The molecule has 0 aliphatic rings. The zero-order valence-corrected chi connectivity index (χ0v) is 12.1. The quantitative estimate of drug-likeness (QED) is 0.392. The van der Waals surface area contributed by atoms with Crippen molar-refractivity contribution in [2.45, 2.75) is 16.7 Å². The third-order valence-corrected chi connectivity index (χ3v) is 3.85. The highest BCUT2D eigenvalue weighted by atomic mass is 32.2. The molecule has 0 fully saturated rings. The summed E-state index contributed by atoms with van der Waals surface area (Å²) in [6.45, 7) is 1.97. The molecular weight excluding hydrogens is 272 g/mol. The van der Waals surface area contributed by atoms with Crippen LogP contribution in [0, 0.1) is 6.92 Å². The van der Waals surface area contributed by atoms with Gasteiger partial charge in [-0.3, -0.25) is 0 Å². The molecule has 2 aromatic carbocycles. The molecule has 2 aromatic rings. The third-order valence-electron chi connectivity index (χ3n) is 2.79. The molecule has 0 saturated heterocycles. The molecule has 4 nitrogen and oxygen atoms in total. The van der Waals surface area contributed by atoms with Crippen molar-refractivity contribution in [3.05, 3.63) is 53.6 Å². The SMILES string of the molecule is COc1cccc(Sc2ccc(C)cc2/C(N)=N/O)c1. The Labute approximate surface area is 122 Å². The highest BCUT2D eigenvalue weighted by Gasteiger charge is 2.09. The Bertz CT molecular complexity index is 642. The summed E-state index contributed by atoms with van der Waals surface area (Å²) < 4.78 is 5.21. The van der Waals surface area contributed by atoms with Crippen LogP contribution < -0.4 is 10.5 Å². The Morgan fingerprint density at radius 2 is 2.05 bits per heavy atom. The van der Waals surface area contributed by atoms with Gasteiger partial charge < -0.3 is 15.7 Å². The van der Waals surface area contributed by atoms with E-state index >= 15 is 0 Å². The predicted molar refractivity (Wildman–Crippen MR) is 80.8 cm³/mol. The van der Waals surface area contributed by atoms with E-state index in [0.717, 1.165) is 26.7 Å². The number of oxime groups is 1. The van der Waals surface area contributed by atoms with Crippen molar-refractivity contribution in [1.82, 2.24) is 0 Å². The van der Waals surface area contributed by atoms with Crippen molar-refractivity contribution in [3.8, 4) is 5.75 Å². The minimum atomic E-state index is 0.110. The van der Waals surface area contributed by atoms with Crippen LogP contribution in [-0.4, -0.2) is 18.2 Å². The van der Waals surface area contributed by atoms with E-state index < -0.39 is 0 Å². The average Bonchev–Trinajstić information content (AvgIpc) is 2.48. The van der Waals surface area contributed by atoms with Crippen LogP contribution in [0.2, 0.25) is 0 Å². The number of ether oxygens (including phenoxy) is 1. The van der Waals surface area contributed by atoms with Crippen LogP contribution in [0.25, 0.3) is 0 Å². The molecule has 0 unspecified atom stereocenters. The summed E-state index contributed by atoms with van der Waals surface area (Å²) in [5.74, 6) is 0.909. The van der Waals surface area contributed by atoms with Crippen molar-refractivity contribution < 1.29 is 9.94 Å². The van der Waals surface area contributed by atoms with Gasteiger partial charge in [-0.05, 0) is 37.3 Å². The topological polar surface area (TPSA) is 67.8 Å². The van der Waals surface area contributed by atoms with Gasteiger partial charge in [0.2, 0.25) is 0 Å². The summed E-state index contributed by atoms with van der Waals surface area (Å²) in [5, 5.41) is 12.0. The van der Waals surface area contributed by atoms with Crippen LogP contribution in [0.15, 0.2) is 57.4 Å². The minimum absolute atomic E-state index is 0.110. The van der Waals surface area contributed by atoms with Gasteiger partial charge >= 0.3 is 0 Å². The molecule has 0 spiro atoms. The van der Waals surface area contributed by atoms with Crippen LogP contribution >= 0.6 is 11.8 Å². The lowest BCUT2D eigenvalue weighted by molar-refractivity contribution is 0.318. The summed E-state index contributed by atoms with van der Waals surface area (Å²) in [6.07, 6.45) is 0. The normalized spacial score (nSPS) is 11.4. The summed E-state index contributed by atoms with van der Waals surface area (Å²) in [5.41, 5.74) is 7.52. The molecule has 20 heavy (non-hydrogen) atoms. The van der Waals surface area contributed by atoms with Crippen LogP contribution in [0.1, 0.15) is 11.1 Å². The lowest BCUT2D eigenvalue weighted by Crippen LogP contribution is -2.14. The summed E-state index contributed by atoms with van der Waals surface area (Å²) >= 11 is 1.54. The summed E-state index contributed by atoms with van der Waals surface area (Å²) in [4.78, 5) is 1.96. The first-order valence-electron chi connectivity index (χ1n) is 6.04. The van der Waals surface area contributed by atoms with Crippen LogP contribution in [0.3, 0.4) is 0 Å². The molecule has 0 aliphatic carbocycles. The fourth-order valence-electron chi connectivity index (χ4n) is 1.78. The number of aryl methyl sites for hydroxylation is 1. The molecule has 0 saturated carbocycles. The second kappa shape index (κ2) is 6.34. The number of hydrogen-bond donors (Lipinski definition) is 2. The fraction of sp³-hybridized carbons (Fsp3) is 0.133. The second-order valence-corrected chi connectivity index (χ2v) is 5.38. The number of methoxy groups -OCH3 is 1. The molecule has 3 N–H and O–H groups in total. The van der Waals surface area contributed by atoms with E-state index in [0.29, 0.717) is 0 Å². The molecule has 0 amide bonds. The zero-order chi connectivity index (χ0) is 14.5. The van der Waals surface area contributed by atoms with Gasteiger partial charge in [0.1, 0.15) is 5.75 Å². The number of benzene rings is 2. The maximum atomic E-state index is 8.89. The first kappa shape index (κ1) is 14.3. The first-order chi connectivity index (χ1) is 9.63. The predicted octanol–water partition coefficient (Wildman–Crippen LogP) is 3.25. The van der Waals surface area contributed by atoms with Gasteiger partial charge in [-0.2, -0.15) is 0 Å². The largest absolute Gasteiger partial charge is 0.497 e. The fourth-order valence-corrected chi connectivity index (χ4v) is 2.76. The number of hydrogen-bond acceptors (Lipinski definition) is 4. The van der Waals surface area contributed by atoms with Crippen molar-refractivity contribution >= 4 is 17.6 Å². The zero-order valence-electron chi connectivity index (χ0n) is 11.3. The molecule has 104 valence electrons. The Morgan fingerprint density at radius 1 is 1.25 bits per heavy atom. The van der Waals surface area contributed by atoms with Crippen LogP contribution in [-0.2, 0) is 0 Å². The average molecular weight is 288 g/mol. The molecule has 0 bridgehead atoms. The Kier molecular flexibility index (Phi) is 4.53. The third kappa shape index (κ3) is 3.24. The lowest BCUT2D eigenvalue weighted by Gasteiger charge is -2.10. The molecule has 0 radical (unpaired) electrons. The Morgan fingerprint density at radius 3 is 2.75 bits per heavy atom. The smallest absolute Gasteiger partial charge is 0.171 e. The Hall–Kier alpha value is -2.14. The van der Waals surface area contributed by atoms with Gasteiger partial charge in [-0.1, -0.05) is 34.6 Å². The number of nitrogens with two attached hydrogens (primary N) is 1. The second-order valence-electron chi connectivity index (χ2n) is 4.27. The van der Waals surface area contributed by atoms with Gasteiger partial charge in [0.15, 0.2) is 5.84 Å². The highest BCUT2D eigenvalue weighted by Crippen LogP contribution is 2.32. The van der Waals surface area contributed by atoms with Gasteiger partial charge in [0, 0.05) is 15.4 Å². The van der Waals surface area contributed by atoms with Crippen molar-refractivity contribution in [3.63, 3.8) is 0 Å². The van der Waals surface area contributed by atoms with E-state index in [2.05, 4.69) is 5.16 Å².